The number of nitrogens with zero attached hydrogens (tertiary/aromatic N) is 3. The van der Waals surface area contributed by atoms with Crippen LogP contribution in [0.25, 0.3) is 0 Å². The minimum atomic E-state index is -0.195. The lowest BCUT2D eigenvalue weighted by Gasteiger charge is -2.09. The maximum absolute atomic E-state index is 12.4. The molecular formula is C17H24N4O4S. The summed E-state index contributed by atoms with van der Waals surface area (Å²) in [5.41, 5.74) is 0.481. The average molecular weight is 380 g/mol. The molecule has 26 heavy (non-hydrogen) atoms. The molecule has 1 aromatic heterocycles. The lowest BCUT2D eigenvalue weighted by molar-refractivity contribution is 0.0953. The Morgan fingerprint density at radius 3 is 2.46 bits per heavy atom. The highest BCUT2D eigenvalue weighted by Crippen LogP contribution is 2.22. The first kappa shape index (κ1) is 20.1. The lowest BCUT2D eigenvalue weighted by Crippen LogP contribution is -2.26. The van der Waals surface area contributed by atoms with Crippen molar-refractivity contribution in [2.45, 2.75) is 11.6 Å². The van der Waals surface area contributed by atoms with E-state index in [1.54, 1.807) is 51.3 Å². The summed E-state index contributed by atoms with van der Waals surface area (Å²) in [4.78, 5) is 12.4. The number of methoxy groups -OCH3 is 3. The molecule has 0 saturated carbocycles. The van der Waals surface area contributed by atoms with E-state index in [2.05, 4.69) is 15.5 Å². The minimum Gasteiger partial charge on any atom is -0.497 e. The zero-order valence-electron chi connectivity index (χ0n) is 15.4. The molecule has 0 aliphatic rings. The van der Waals surface area contributed by atoms with Gasteiger partial charge in [-0.05, 0) is 12.1 Å². The molecular weight excluding hydrogens is 356 g/mol. The Bertz CT molecular complexity index is 713. The summed E-state index contributed by atoms with van der Waals surface area (Å²) in [6.45, 7) is 1.11. The Morgan fingerprint density at radius 2 is 1.85 bits per heavy atom. The van der Waals surface area contributed by atoms with Crippen molar-refractivity contribution in [1.29, 1.82) is 0 Å². The summed E-state index contributed by atoms with van der Waals surface area (Å²) in [5, 5.41) is 12.1. The highest BCUT2D eigenvalue weighted by molar-refractivity contribution is 7.99. The van der Waals surface area contributed by atoms with E-state index in [-0.39, 0.29) is 5.91 Å². The zero-order chi connectivity index (χ0) is 18.9. The molecule has 0 bridgehead atoms. The van der Waals surface area contributed by atoms with Crippen LogP contribution in [-0.4, -0.2) is 60.9 Å². The van der Waals surface area contributed by atoms with Crippen LogP contribution in [0, 0.1) is 0 Å². The molecule has 0 radical (unpaired) electrons. The fourth-order valence-electron chi connectivity index (χ4n) is 2.23. The number of ether oxygens (including phenoxy) is 3. The third-order valence-electron chi connectivity index (χ3n) is 3.69. The maximum atomic E-state index is 12.4. The Morgan fingerprint density at radius 1 is 1.15 bits per heavy atom. The Labute approximate surface area is 157 Å². The molecule has 1 N–H and O–H groups in total. The molecule has 0 spiro atoms. The maximum Gasteiger partial charge on any atom is 0.251 e. The second kappa shape index (κ2) is 10.0. The molecule has 2 aromatic rings. The van der Waals surface area contributed by atoms with Crippen LogP contribution >= 0.6 is 11.8 Å². The van der Waals surface area contributed by atoms with Gasteiger partial charge in [0.2, 0.25) is 0 Å². The van der Waals surface area contributed by atoms with Crippen molar-refractivity contribution in [3.8, 4) is 11.5 Å². The van der Waals surface area contributed by atoms with Crippen molar-refractivity contribution in [3.05, 3.63) is 29.6 Å². The van der Waals surface area contributed by atoms with Gasteiger partial charge >= 0.3 is 0 Å². The Kier molecular flexibility index (Phi) is 7.73. The van der Waals surface area contributed by atoms with Gasteiger partial charge in [-0.25, -0.2) is 0 Å². The zero-order valence-corrected chi connectivity index (χ0v) is 16.3. The molecule has 2 rings (SSSR count). The van der Waals surface area contributed by atoms with Gasteiger partial charge in [0, 0.05) is 44.5 Å². The van der Waals surface area contributed by atoms with Crippen LogP contribution in [0.4, 0.5) is 0 Å². The first-order valence-electron chi connectivity index (χ1n) is 8.10. The van der Waals surface area contributed by atoms with Crippen LogP contribution in [0.1, 0.15) is 16.2 Å². The molecule has 0 saturated heterocycles. The summed E-state index contributed by atoms with van der Waals surface area (Å²) in [5.74, 6) is 2.57. The largest absolute Gasteiger partial charge is 0.497 e. The normalized spacial score (nSPS) is 10.6. The predicted molar refractivity (Wildman–Crippen MR) is 99.2 cm³/mol. The SMILES string of the molecule is COCCSc1nnc(CCNC(=O)c2cc(OC)cc(OC)c2)n1C. The van der Waals surface area contributed by atoms with Crippen LogP contribution in [0.5, 0.6) is 11.5 Å². The first-order chi connectivity index (χ1) is 12.6. The van der Waals surface area contributed by atoms with Crippen LogP contribution in [0.15, 0.2) is 23.4 Å². The average Bonchev–Trinajstić information content (AvgIpc) is 3.01. The number of nitrogens with one attached hydrogen (secondary N) is 1. The fraction of sp³-hybridized carbons (Fsp3) is 0.471. The highest BCUT2D eigenvalue weighted by atomic mass is 32.2. The first-order valence-corrected chi connectivity index (χ1v) is 9.08. The summed E-state index contributed by atoms with van der Waals surface area (Å²) in [6, 6.07) is 5.06. The summed E-state index contributed by atoms with van der Waals surface area (Å²) in [7, 11) is 6.68. The number of amides is 1. The van der Waals surface area contributed by atoms with Crippen molar-refractivity contribution < 1.29 is 19.0 Å². The third-order valence-corrected chi connectivity index (χ3v) is 4.68. The quantitative estimate of drug-likeness (QED) is 0.494. The van der Waals surface area contributed by atoms with E-state index in [4.69, 9.17) is 14.2 Å². The van der Waals surface area contributed by atoms with Crippen LogP contribution in [0.3, 0.4) is 0 Å². The van der Waals surface area contributed by atoms with E-state index < -0.39 is 0 Å². The van der Waals surface area contributed by atoms with E-state index in [9.17, 15) is 4.79 Å². The number of hydrogen-bond acceptors (Lipinski definition) is 7. The number of carbonyl (C=O) groups is 1. The predicted octanol–water partition coefficient (Wildman–Crippen LogP) is 1.54. The molecule has 8 nitrogen and oxygen atoms in total. The molecule has 0 atom stereocenters. The van der Waals surface area contributed by atoms with Gasteiger partial charge in [0.1, 0.15) is 17.3 Å². The monoisotopic (exact) mass is 380 g/mol. The molecule has 9 heteroatoms. The van der Waals surface area contributed by atoms with Gasteiger partial charge in [-0.2, -0.15) is 0 Å². The van der Waals surface area contributed by atoms with E-state index in [1.807, 2.05) is 11.6 Å². The Hall–Kier alpha value is -2.26. The molecule has 0 aliphatic heterocycles. The number of carbonyl (C=O) groups excluding carboxylic acids is 1. The van der Waals surface area contributed by atoms with Gasteiger partial charge in [-0.1, -0.05) is 11.8 Å². The fourth-order valence-corrected chi connectivity index (χ4v) is 3.06. The van der Waals surface area contributed by atoms with Crippen molar-refractivity contribution >= 4 is 17.7 Å². The van der Waals surface area contributed by atoms with Gasteiger partial charge in [-0.15, -0.1) is 10.2 Å². The van der Waals surface area contributed by atoms with Crippen LogP contribution in [0.2, 0.25) is 0 Å². The molecule has 1 heterocycles. The number of thioether (sulfide) groups is 1. The van der Waals surface area contributed by atoms with Gasteiger partial charge in [0.25, 0.3) is 5.91 Å². The Balaban J connectivity index is 1.90. The van der Waals surface area contributed by atoms with E-state index in [1.165, 1.54) is 0 Å². The summed E-state index contributed by atoms with van der Waals surface area (Å²) < 4.78 is 17.3. The molecule has 1 amide bonds. The van der Waals surface area contributed by atoms with Crippen molar-refractivity contribution in [2.24, 2.45) is 7.05 Å². The second-order valence-electron chi connectivity index (χ2n) is 5.41. The number of benzene rings is 1. The number of aromatic nitrogens is 3. The van der Waals surface area contributed by atoms with Gasteiger partial charge in [-0.3, -0.25) is 4.79 Å². The molecule has 0 aliphatic carbocycles. The van der Waals surface area contributed by atoms with E-state index in [0.717, 1.165) is 16.7 Å². The van der Waals surface area contributed by atoms with E-state index >= 15 is 0 Å². The van der Waals surface area contributed by atoms with Crippen LogP contribution in [-0.2, 0) is 18.2 Å². The number of rotatable bonds is 10. The van der Waals surface area contributed by atoms with Crippen molar-refractivity contribution in [3.63, 3.8) is 0 Å². The lowest BCUT2D eigenvalue weighted by atomic mass is 10.2. The standard InChI is InChI=1S/C17H24N4O4S/c1-21-15(19-20-17(21)26-8-7-23-2)5-6-18-16(22)12-9-13(24-3)11-14(10-12)25-4/h9-11H,5-8H2,1-4H3,(H,18,22). The molecule has 0 fully saturated rings. The summed E-state index contributed by atoms with van der Waals surface area (Å²) in [6.07, 6.45) is 0.585. The van der Waals surface area contributed by atoms with Crippen molar-refractivity contribution in [1.82, 2.24) is 20.1 Å². The van der Waals surface area contributed by atoms with Crippen molar-refractivity contribution in [2.75, 3.05) is 40.2 Å². The van der Waals surface area contributed by atoms with Gasteiger partial charge < -0.3 is 24.1 Å². The minimum absolute atomic E-state index is 0.195. The number of hydrogen-bond donors (Lipinski definition) is 1. The smallest absolute Gasteiger partial charge is 0.251 e. The van der Waals surface area contributed by atoms with E-state index in [0.29, 0.717) is 36.6 Å². The second-order valence-corrected chi connectivity index (χ2v) is 6.47. The highest BCUT2D eigenvalue weighted by Gasteiger charge is 2.12. The molecule has 0 unspecified atom stereocenters. The third kappa shape index (κ3) is 5.37. The molecule has 1 aromatic carbocycles. The summed E-state index contributed by atoms with van der Waals surface area (Å²) >= 11 is 1.59. The van der Waals surface area contributed by atoms with Gasteiger partial charge in [0.05, 0.1) is 20.8 Å². The molecule has 142 valence electrons. The topological polar surface area (TPSA) is 87.5 Å². The van der Waals surface area contributed by atoms with Crippen LogP contribution < -0.4 is 14.8 Å². The van der Waals surface area contributed by atoms with Gasteiger partial charge in [0.15, 0.2) is 5.16 Å².